The molecule has 194 valence electrons. The van der Waals surface area contributed by atoms with Crippen molar-refractivity contribution in [1.29, 1.82) is 0 Å². The van der Waals surface area contributed by atoms with Crippen molar-refractivity contribution < 1.29 is 33.6 Å². The number of rotatable bonds is 8. The van der Waals surface area contributed by atoms with Crippen LogP contribution in [0, 0.1) is 0 Å². The molecule has 7 heteroatoms. The fourth-order valence-corrected chi connectivity index (χ4v) is 5.21. The minimum Gasteiger partial charge on any atom is -0.457 e. The quantitative estimate of drug-likeness (QED) is 0.364. The van der Waals surface area contributed by atoms with E-state index in [1.165, 1.54) is 6.92 Å². The molecule has 0 amide bonds. The number of hydrogen-bond donors (Lipinski definition) is 1. The Balaban J connectivity index is 1.48. The van der Waals surface area contributed by atoms with Gasteiger partial charge in [0, 0.05) is 6.92 Å². The fraction of sp³-hybridized carbons (Fsp3) is 0.367. The highest BCUT2D eigenvalue weighted by Crippen LogP contribution is 2.42. The number of carbonyl (C=O) groups excluding carboxylic acids is 1. The molecule has 1 N–H and O–H groups in total. The Morgan fingerprint density at radius 2 is 1.38 bits per heavy atom. The summed E-state index contributed by atoms with van der Waals surface area (Å²) in [5.41, 5.74) is 1.72. The first-order valence-corrected chi connectivity index (χ1v) is 12.5. The summed E-state index contributed by atoms with van der Waals surface area (Å²) in [6.07, 6.45) is -4.29. The molecule has 37 heavy (non-hydrogen) atoms. The summed E-state index contributed by atoms with van der Waals surface area (Å²) in [6, 6.07) is 29.7. The van der Waals surface area contributed by atoms with Crippen molar-refractivity contribution in [2.75, 3.05) is 6.61 Å². The van der Waals surface area contributed by atoms with Gasteiger partial charge in [0.05, 0.1) is 6.61 Å². The fourth-order valence-electron chi connectivity index (χ4n) is 5.21. The lowest BCUT2D eigenvalue weighted by molar-refractivity contribution is -0.233. The molecule has 3 aromatic rings. The number of aliphatic hydroxyl groups is 1. The largest absolute Gasteiger partial charge is 0.457 e. The maximum absolute atomic E-state index is 11.9. The van der Waals surface area contributed by atoms with E-state index >= 15 is 0 Å². The standard InChI is InChI=1S/C30H32O7/c1-20(31)34-26-25(35-28-27(26)36-29(2,3)37-28)24(32)19-33-30(21-13-7-4-8-14-21,22-15-9-5-10-16-22)23-17-11-6-12-18-23/h4-18,24-28,32H,19H2,1-3H3/t24-,25-,26+,27-,28-/m0/s1. The van der Waals surface area contributed by atoms with Gasteiger partial charge in [0.1, 0.15) is 17.8 Å². The molecular weight excluding hydrogens is 472 g/mol. The summed E-state index contributed by atoms with van der Waals surface area (Å²) >= 11 is 0. The summed E-state index contributed by atoms with van der Waals surface area (Å²) in [7, 11) is 0. The van der Waals surface area contributed by atoms with Crippen LogP contribution in [-0.2, 0) is 34.1 Å². The van der Waals surface area contributed by atoms with Crippen LogP contribution in [0.25, 0.3) is 0 Å². The number of fused-ring (bicyclic) bond motifs is 1. The highest BCUT2D eigenvalue weighted by Gasteiger charge is 2.58. The molecular formula is C30H32O7. The number of esters is 1. The molecule has 0 bridgehead atoms. The van der Waals surface area contributed by atoms with Crippen LogP contribution in [-0.4, -0.2) is 54.2 Å². The first-order valence-electron chi connectivity index (χ1n) is 12.5. The molecule has 0 radical (unpaired) electrons. The topological polar surface area (TPSA) is 83.5 Å². The molecule has 2 fully saturated rings. The van der Waals surface area contributed by atoms with Crippen molar-refractivity contribution in [2.45, 2.75) is 62.9 Å². The third-order valence-electron chi connectivity index (χ3n) is 6.72. The molecule has 0 aromatic heterocycles. The number of ether oxygens (including phenoxy) is 5. The van der Waals surface area contributed by atoms with Gasteiger partial charge in [-0.15, -0.1) is 0 Å². The molecule has 2 aliphatic rings. The van der Waals surface area contributed by atoms with Crippen LogP contribution in [0.5, 0.6) is 0 Å². The number of benzene rings is 3. The molecule has 5 rings (SSSR count). The van der Waals surface area contributed by atoms with Crippen molar-refractivity contribution in [2.24, 2.45) is 0 Å². The van der Waals surface area contributed by atoms with Gasteiger partial charge >= 0.3 is 5.97 Å². The van der Waals surface area contributed by atoms with Gasteiger partial charge in [0.2, 0.25) is 0 Å². The maximum Gasteiger partial charge on any atom is 0.303 e. The van der Waals surface area contributed by atoms with Crippen LogP contribution in [0.4, 0.5) is 0 Å². The monoisotopic (exact) mass is 504 g/mol. The average molecular weight is 505 g/mol. The van der Waals surface area contributed by atoms with Gasteiger partial charge in [-0.3, -0.25) is 4.79 Å². The Kier molecular flexibility index (Phi) is 7.16. The lowest BCUT2D eigenvalue weighted by atomic mass is 9.80. The van der Waals surface area contributed by atoms with E-state index in [4.69, 9.17) is 23.7 Å². The Bertz CT molecular complexity index is 1090. The van der Waals surface area contributed by atoms with E-state index in [0.29, 0.717) is 0 Å². The van der Waals surface area contributed by atoms with Gasteiger partial charge in [0.15, 0.2) is 24.3 Å². The van der Waals surface area contributed by atoms with E-state index in [1.54, 1.807) is 13.8 Å². The summed E-state index contributed by atoms with van der Waals surface area (Å²) in [4.78, 5) is 11.9. The zero-order valence-electron chi connectivity index (χ0n) is 21.2. The third-order valence-corrected chi connectivity index (χ3v) is 6.72. The van der Waals surface area contributed by atoms with Crippen LogP contribution >= 0.6 is 0 Å². The summed E-state index contributed by atoms with van der Waals surface area (Å²) in [5.74, 6) is -1.38. The van der Waals surface area contributed by atoms with E-state index in [-0.39, 0.29) is 6.61 Å². The normalized spacial score (nSPS) is 25.4. The molecule has 0 aliphatic carbocycles. The molecule has 0 unspecified atom stereocenters. The maximum atomic E-state index is 11.9. The molecule has 2 saturated heterocycles. The third kappa shape index (κ3) is 5.06. The zero-order valence-corrected chi connectivity index (χ0v) is 21.2. The molecule has 0 spiro atoms. The second-order valence-electron chi connectivity index (χ2n) is 9.80. The van der Waals surface area contributed by atoms with E-state index in [1.807, 2.05) is 91.0 Å². The van der Waals surface area contributed by atoms with E-state index in [9.17, 15) is 9.90 Å². The molecule has 2 heterocycles. The van der Waals surface area contributed by atoms with Crippen LogP contribution in [0.2, 0.25) is 0 Å². The summed E-state index contributed by atoms with van der Waals surface area (Å²) in [5, 5.41) is 11.4. The Hall–Kier alpha value is -3.07. The number of aliphatic hydroxyl groups excluding tert-OH is 1. The number of hydrogen-bond acceptors (Lipinski definition) is 7. The van der Waals surface area contributed by atoms with Crippen LogP contribution in [0.1, 0.15) is 37.5 Å². The van der Waals surface area contributed by atoms with E-state index < -0.39 is 48.1 Å². The van der Waals surface area contributed by atoms with Crippen molar-refractivity contribution in [3.05, 3.63) is 108 Å². The highest BCUT2D eigenvalue weighted by molar-refractivity contribution is 5.66. The molecule has 0 saturated carbocycles. The van der Waals surface area contributed by atoms with Gasteiger partial charge in [0.25, 0.3) is 0 Å². The van der Waals surface area contributed by atoms with Crippen LogP contribution < -0.4 is 0 Å². The minimum atomic E-state index is -1.14. The number of carbonyl (C=O) groups is 1. The Morgan fingerprint density at radius 1 is 0.892 bits per heavy atom. The summed E-state index contributed by atoms with van der Waals surface area (Å²) in [6.45, 7) is 4.74. The van der Waals surface area contributed by atoms with Gasteiger partial charge < -0.3 is 28.8 Å². The van der Waals surface area contributed by atoms with Gasteiger partial charge in [-0.05, 0) is 30.5 Å². The zero-order chi connectivity index (χ0) is 26.0. The minimum absolute atomic E-state index is 0.107. The van der Waals surface area contributed by atoms with E-state index in [0.717, 1.165) is 16.7 Å². The van der Waals surface area contributed by atoms with E-state index in [2.05, 4.69) is 0 Å². The lowest BCUT2D eigenvalue weighted by Gasteiger charge is -2.37. The molecule has 2 aliphatic heterocycles. The molecule has 3 aromatic carbocycles. The second-order valence-corrected chi connectivity index (χ2v) is 9.80. The van der Waals surface area contributed by atoms with Gasteiger partial charge in [-0.1, -0.05) is 91.0 Å². The predicted octanol–water partition coefficient (Wildman–Crippen LogP) is 4.16. The molecule has 7 nitrogen and oxygen atoms in total. The van der Waals surface area contributed by atoms with Crippen LogP contribution in [0.15, 0.2) is 91.0 Å². The van der Waals surface area contributed by atoms with Gasteiger partial charge in [-0.2, -0.15) is 0 Å². The SMILES string of the molecule is CC(=O)O[C@H]1[C@@H]2OC(C)(C)O[C@@H]2O[C@H]1[C@@H](O)COC(c1ccccc1)(c1ccccc1)c1ccccc1. The van der Waals surface area contributed by atoms with Crippen molar-refractivity contribution in [3.8, 4) is 0 Å². The van der Waals surface area contributed by atoms with Crippen molar-refractivity contribution in [1.82, 2.24) is 0 Å². The van der Waals surface area contributed by atoms with Crippen LogP contribution in [0.3, 0.4) is 0 Å². The highest BCUT2D eigenvalue weighted by atomic mass is 16.8. The Morgan fingerprint density at radius 3 is 1.84 bits per heavy atom. The lowest BCUT2D eigenvalue weighted by Crippen LogP contribution is -2.46. The smallest absolute Gasteiger partial charge is 0.303 e. The van der Waals surface area contributed by atoms with Crippen molar-refractivity contribution >= 4 is 5.97 Å². The second kappa shape index (κ2) is 10.4. The van der Waals surface area contributed by atoms with Crippen molar-refractivity contribution in [3.63, 3.8) is 0 Å². The Labute approximate surface area is 216 Å². The first kappa shape index (κ1) is 25.6. The average Bonchev–Trinajstić information content (AvgIpc) is 3.38. The predicted molar refractivity (Wildman–Crippen MR) is 135 cm³/mol. The summed E-state index contributed by atoms with van der Waals surface area (Å²) < 4.78 is 30.1. The first-order chi connectivity index (χ1) is 17.8. The molecule has 5 atom stereocenters. The van der Waals surface area contributed by atoms with Gasteiger partial charge in [-0.25, -0.2) is 0 Å².